The molecule has 2 aliphatic rings. The minimum atomic E-state index is 0.269. The van der Waals surface area contributed by atoms with Crippen molar-refractivity contribution in [1.82, 2.24) is 25.3 Å². The molecule has 0 saturated carbocycles. The van der Waals surface area contributed by atoms with E-state index < -0.39 is 0 Å². The lowest BCUT2D eigenvalue weighted by Crippen LogP contribution is -2.53. The summed E-state index contributed by atoms with van der Waals surface area (Å²) in [7, 11) is 1.81. The highest BCUT2D eigenvalue weighted by Gasteiger charge is 2.29. The van der Waals surface area contributed by atoms with E-state index in [1.807, 2.05) is 18.0 Å². The van der Waals surface area contributed by atoms with Crippen molar-refractivity contribution < 1.29 is 4.79 Å². The summed E-state index contributed by atoms with van der Waals surface area (Å²) < 4.78 is 0. The van der Waals surface area contributed by atoms with Crippen molar-refractivity contribution in [2.45, 2.75) is 32.7 Å². The van der Waals surface area contributed by atoms with Crippen LogP contribution in [0, 0.1) is 5.92 Å². The van der Waals surface area contributed by atoms with Crippen molar-refractivity contribution in [2.75, 3.05) is 66.0 Å². The number of hydrogen-bond donors (Lipinski definition) is 2. The molecule has 2 atom stereocenters. The summed E-state index contributed by atoms with van der Waals surface area (Å²) in [4.78, 5) is 23.8. The molecule has 7 nitrogen and oxygen atoms in total. The van der Waals surface area contributed by atoms with Crippen LogP contribution in [-0.2, 0) is 11.2 Å². The lowest BCUT2D eigenvalue weighted by atomic mass is 10.1. The standard InChI is InChI=1S/C24H40N6O/c1-4-28-12-14-29(15-13-28)20(2)17-26-24(25-3)27-18-22-16-23(31)30(19-22)11-10-21-8-6-5-7-9-21/h5-9,20,22H,4,10-19H2,1-3H3,(H2,25,26,27). The van der Waals surface area contributed by atoms with Crippen LogP contribution in [0.1, 0.15) is 25.8 Å². The van der Waals surface area contributed by atoms with Gasteiger partial charge in [0.15, 0.2) is 5.96 Å². The highest BCUT2D eigenvalue weighted by Crippen LogP contribution is 2.17. The van der Waals surface area contributed by atoms with Crippen molar-refractivity contribution in [3.05, 3.63) is 35.9 Å². The monoisotopic (exact) mass is 428 g/mol. The van der Waals surface area contributed by atoms with Gasteiger partial charge in [0.05, 0.1) is 0 Å². The summed E-state index contributed by atoms with van der Waals surface area (Å²) in [6.07, 6.45) is 1.54. The molecule has 1 amide bonds. The molecule has 172 valence electrons. The Labute approximate surface area is 187 Å². The number of carbonyl (C=O) groups is 1. The van der Waals surface area contributed by atoms with Gasteiger partial charge < -0.3 is 20.4 Å². The minimum Gasteiger partial charge on any atom is -0.356 e. The molecule has 2 N–H and O–H groups in total. The summed E-state index contributed by atoms with van der Waals surface area (Å²) >= 11 is 0. The largest absolute Gasteiger partial charge is 0.356 e. The number of aliphatic imine (C=N–C) groups is 1. The van der Waals surface area contributed by atoms with E-state index in [-0.39, 0.29) is 5.91 Å². The number of hydrogen-bond acceptors (Lipinski definition) is 4. The Hall–Kier alpha value is -2.12. The fourth-order valence-corrected chi connectivity index (χ4v) is 4.47. The molecule has 7 heteroatoms. The van der Waals surface area contributed by atoms with Gasteiger partial charge in [-0.2, -0.15) is 0 Å². The average Bonchev–Trinajstić information content (AvgIpc) is 3.17. The zero-order chi connectivity index (χ0) is 22.1. The Balaban J connectivity index is 1.35. The predicted molar refractivity (Wildman–Crippen MR) is 127 cm³/mol. The van der Waals surface area contributed by atoms with Crippen LogP contribution in [0.5, 0.6) is 0 Å². The van der Waals surface area contributed by atoms with Gasteiger partial charge in [-0.05, 0) is 25.5 Å². The van der Waals surface area contributed by atoms with E-state index in [4.69, 9.17) is 0 Å². The Kier molecular flexibility index (Phi) is 9.15. The Morgan fingerprint density at radius 2 is 1.90 bits per heavy atom. The Morgan fingerprint density at radius 3 is 2.58 bits per heavy atom. The first kappa shape index (κ1) is 23.5. The van der Waals surface area contributed by atoms with Crippen LogP contribution in [0.25, 0.3) is 0 Å². The summed E-state index contributed by atoms with van der Waals surface area (Å²) in [6.45, 7) is 13.5. The third-order valence-corrected chi connectivity index (χ3v) is 6.63. The van der Waals surface area contributed by atoms with Gasteiger partial charge in [0.1, 0.15) is 0 Å². The first-order valence-corrected chi connectivity index (χ1v) is 11.8. The molecule has 2 aliphatic heterocycles. The van der Waals surface area contributed by atoms with Crippen LogP contribution in [0.2, 0.25) is 0 Å². The van der Waals surface area contributed by atoms with Crippen molar-refractivity contribution >= 4 is 11.9 Å². The van der Waals surface area contributed by atoms with Crippen molar-refractivity contribution in [3.8, 4) is 0 Å². The quantitative estimate of drug-likeness (QED) is 0.458. The van der Waals surface area contributed by atoms with Crippen LogP contribution in [0.4, 0.5) is 0 Å². The number of guanidine groups is 1. The molecule has 2 heterocycles. The van der Waals surface area contributed by atoms with Crippen LogP contribution in [0.15, 0.2) is 35.3 Å². The SMILES string of the molecule is CCN1CCN(C(C)CNC(=NC)NCC2CC(=O)N(CCc3ccccc3)C2)CC1. The molecule has 0 spiro atoms. The maximum atomic E-state index is 12.4. The first-order chi connectivity index (χ1) is 15.1. The highest BCUT2D eigenvalue weighted by atomic mass is 16.2. The zero-order valence-electron chi connectivity index (χ0n) is 19.5. The van der Waals surface area contributed by atoms with E-state index in [1.54, 1.807) is 0 Å². The second kappa shape index (κ2) is 12.1. The number of piperazine rings is 1. The number of nitrogens with one attached hydrogen (secondary N) is 2. The molecule has 2 unspecified atom stereocenters. The van der Waals surface area contributed by atoms with Crippen LogP contribution in [0.3, 0.4) is 0 Å². The van der Waals surface area contributed by atoms with Gasteiger partial charge in [0, 0.05) is 77.8 Å². The molecule has 0 aromatic heterocycles. The fourth-order valence-electron chi connectivity index (χ4n) is 4.47. The maximum absolute atomic E-state index is 12.4. The van der Waals surface area contributed by atoms with Gasteiger partial charge in [0.25, 0.3) is 0 Å². The second-order valence-corrected chi connectivity index (χ2v) is 8.80. The van der Waals surface area contributed by atoms with Gasteiger partial charge in [-0.1, -0.05) is 37.3 Å². The van der Waals surface area contributed by atoms with Gasteiger partial charge >= 0.3 is 0 Å². The number of likely N-dealkylation sites (tertiary alicyclic amines) is 1. The molecule has 2 fully saturated rings. The van der Waals surface area contributed by atoms with Gasteiger partial charge in [-0.25, -0.2) is 0 Å². The summed E-state index contributed by atoms with van der Waals surface area (Å²) in [5.41, 5.74) is 1.28. The molecule has 0 bridgehead atoms. The summed E-state index contributed by atoms with van der Waals surface area (Å²) in [6, 6.07) is 10.9. The molecule has 2 saturated heterocycles. The van der Waals surface area contributed by atoms with Crippen LogP contribution >= 0.6 is 0 Å². The Bertz CT molecular complexity index is 701. The number of likely N-dealkylation sites (N-methyl/N-ethyl adjacent to an activating group) is 1. The van der Waals surface area contributed by atoms with Crippen molar-refractivity contribution in [2.24, 2.45) is 10.9 Å². The van der Waals surface area contributed by atoms with Gasteiger partial charge in [-0.3, -0.25) is 14.7 Å². The Morgan fingerprint density at radius 1 is 1.16 bits per heavy atom. The normalized spacial score (nSPS) is 22.0. The average molecular weight is 429 g/mol. The van der Waals surface area contributed by atoms with Crippen molar-refractivity contribution in [3.63, 3.8) is 0 Å². The number of amides is 1. The molecule has 31 heavy (non-hydrogen) atoms. The predicted octanol–water partition coefficient (Wildman–Crippen LogP) is 1.27. The van der Waals surface area contributed by atoms with Gasteiger partial charge in [-0.15, -0.1) is 0 Å². The smallest absolute Gasteiger partial charge is 0.223 e. The number of nitrogens with zero attached hydrogens (tertiary/aromatic N) is 4. The highest BCUT2D eigenvalue weighted by molar-refractivity contribution is 5.80. The maximum Gasteiger partial charge on any atom is 0.223 e. The van der Waals surface area contributed by atoms with E-state index in [1.165, 1.54) is 5.56 Å². The lowest BCUT2D eigenvalue weighted by Gasteiger charge is -2.37. The summed E-state index contributed by atoms with van der Waals surface area (Å²) in [5.74, 6) is 1.43. The van der Waals surface area contributed by atoms with Crippen molar-refractivity contribution in [1.29, 1.82) is 0 Å². The second-order valence-electron chi connectivity index (χ2n) is 8.80. The third kappa shape index (κ3) is 7.21. The fraction of sp³-hybridized carbons (Fsp3) is 0.667. The first-order valence-electron chi connectivity index (χ1n) is 11.8. The zero-order valence-corrected chi connectivity index (χ0v) is 19.5. The number of benzene rings is 1. The topological polar surface area (TPSA) is 63.2 Å². The van der Waals surface area contributed by atoms with E-state index in [0.717, 1.165) is 71.3 Å². The number of rotatable bonds is 9. The van der Waals surface area contributed by atoms with E-state index in [2.05, 4.69) is 63.5 Å². The molecule has 0 aliphatic carbocycles. The van der Waals surface area contributed by atoms with Crippen LogP contribution in [-0.4, -0.2) is 98.6 Å². The van der Waals surface area contributed by atoms with E-state index >= 15 is 0 Å². The lowest BCUT2D eigenvalue weighted by molar-refractivity contribution is -0.127. The minimum absolute atomic E-state index is 0.269. The molecule has 1 aromatic carbocycles. The molecule has 0 radical (unpaired) electrons. The van der Waals surface area contributed by atoms with E-state index in [9.17, 15) is 4.79 Å². The van der Waals surface area contributed by atoms with Gasteiger partial charge in [0.2, 0.25) is 5.91 Å². The van der Waals surface area contributed by atoms with E-state index in [0.29, 0.717) is 18.4 Å². The number of carbonyl (C=O) groups excluding carboxylic acids is 1. The third-order valence-electron chi connectivity index (χ3n) is 6.63. The molecular formula is C24H40N6O. The summed E-state index contributed by atoms with van der Waals surface area (Å²) in [5, 5.41) is 6.90. The molecular weight excluding hydrogens is 388 g/mol. The van der Waals surface area contributed by atoms with Crippen LogP contribution < -0.4 is 10.6 Å². The molecule has 1 aromatic rings. The molecule has 3 rings (SSSR count).